The number of nitrogens with one attached hydrogen (secondary N) is 1. The minimum absolute atomic E-state index is 0.488. The Morgan fingerprint density at radius 3 is 2.67 bits per heavy atom. The molecular formula is C13H21N3O2. The number of hydrogen-bond acceptors (Lipinski definition) is 4. The van der Waals surface area contributed by atoms with Crippen molar-refractivity contribution >= 4 is 17.7 Å². The summed E-state index contributed by atoms with van der Waals surface area (Å²) in [4.78, 5) is 17.9. The molecule has 100 valence electrons. The zero-order valence-electron chi connectivity index (χ0n) is 11.7. The third kappa shape index (κ3) is 4.61. The Hall–Kier alpha value is -1.78. The van der Waals surface area contributed by atoms with Gasteiger partial charge in [-0.15, -0.1) is 0 Å². The van der Waals surface area contributed by atoms with E-state index in [4.69, 9.17) is 4.74 Å². The molecule has 0 aromatic carbocycles. The first-order valence-corrected chi connectivity index (χ1v) is 6.00. The Morgan fingerprint density at radius 2 is 2.11 bits per heavy atom. The van der Waals surface area contributed by atoms with Gasteiger partial charge in [-0.1, -0.05) is 6.07 Å². The molecule has 0 aliphatic carbocycles. The van der Waals surface area contributed by atoms with Crippen molar-refractivity contribution in [3.05, 3.63) is 18.2 Å². The lowest BCUT2D eigenvalue weighted by molar-refractivity contribution is 0.0635. The monoisotopic (exact) mass is 251 g/mol. The third-order valence-electron chi connectivity index (χ3n) is 2.23. The molecule has 1 amide bonds. The van der Waals surface area contributed by atoms with Crippen molar-refractivity contribution < 1.29 is 9.53 Å². The number of rotatable bonds is 3. The molecule has 0 saturated carbocycles. The Bertz CT molecular complexity index is 413. The SMILES string of the molecule is CCN(C)c1cccc(NC(=O)OC(C)(C)C)n1. The molecular weight excluding hydrogens is 230 g/mol. The van der Waals surface area contributed by atoms with Crippen LogP contribution < -0.4 is 10.2 Å². The molecule has 0 unspecified atom stereocenters. The van der Waals surface area contributed by atoms with E-state index < -0.39 is 11.7 Å². The summed E-state index contributed by atoms with van der Waals surface area (Å²) in [6, 6.07) is 5.47. The Balaban J connectivity index is 2.71. The van der Waals surface area contributed by atoms with Gasteiger partial charge in [-0.3, -0.25) is 5.32 Å². The number of pyridine rings is 1. The molecule has 1 aromatic rings. The number of carbonyl (C=O) groups excluding carboxylic acids is 1. The lowest BCUT2D eigenvalue weighted by Gasteiger charge is -2.20. The van der Waals surface area contributed by atoms with Crippen LogP contribution in [0.2, 0.25) is 0 Å². The maximum atomic E-state index is 11.6. The van der Waals surface area contributed by atoms with Gasteiger partial charge >= 0.3 is 6.09 Å². The maximum absolute atomic E-state index is 11.6. The molecule has 0 aliphatic rings. The van der Waals surface area contributed by atoms with E-state index in [2.05, 4.69) is 10.3 Å². The standard InChI is InChI=1S/C13H21N3O2/c1-6-16(5)11-9-7-8-10(14-11)15-12(17)18-13(2,3)4/h7-9H,6H2,1-5H3,(H,14,15,17). The van der Waals surface area contributed by atoms with Crippen molar-refractivity contribution in [3.8, 4) is 0 Å². The molecule has 1 rings (SSSR count). The summed E-state index contributed by atoms with van der Waals surface area (Å²) in [5, 5.41) is 2.62. The number of nitrogens with zero attached hydrogens (tertiary/aromatic N) is 2. The summed E-state index contributed by atoms with van der Waals surface area (Å²) in [7, 11) is 1.94. The molecule has 0 atom stereocenters. The number of aromatic nitrogens is 1. The molecule has 1 N–H and O–H groups in total. The van der Waals surface area contributed by atoms with Crippen LogP contribution in [0.25, 0.3) is 0 Å². The highest BCUT2D eigenvalue weighted by atomic mass is 16.6. The molecule has 1 aromatic heterocycles. The van der Waals surface area contributed by atoms with Gasteiger partial charge in [-0.25, -0.2) is 9.78 Å². The molecule has 18 heavy (non-hydrogen) atoms. The number of amides is 1. The molecule has 0 fully saturated rings. The number of anilines is 2. The molecule has 0 saturated heterocycles. The quantitative estimate of drug-likeness (QED) is 0.897. The highest BCUT2D eigenvalue weighted by Gasteiger charge is 2.16. The van der Waals surface area contributed by atoms with E-state index in [1.54, 1.807) is 6.07 Å². The third-order valence-corrected chi connectivity index (χ3v) is 2.23. The summed E-state index contributed by atoms with van der Waals surface area (Å²) in [6.07, 6.45) is -0.494. The van der Waals surface area contributed by atoms with Gasteiger partial charge in [0.15, 0.2) is 0 Å². The average molecular weight is 251 g/mol. The van der Waals surface area contributed by atoms with Gasteiger partial charge < -0.3 is 9.64 Å². The van der Waals surface area contributed by atoms with Gasteiger partial charge in [-0.2, -0.15) is 0 Å². The van der Waals surface area contributed by atoms with Crippen molar-refractivity contribution in [3.63, 3.8) is 0 Å². The fourth-order valence-corrected chi connectivity index (χ4v) is 1.28. The molecule has 0 radical (unpaired) electrons. The molecule has 0 spiro atoms. The fraction of sp³-hybridized carbons (Fsp3) is 0.538. The van der Waals surface area contributed by atoms with Gasteiger partial charge in [0.05, 0.1) is 0 Å². The second-order valence-electron chi connectivity index (χ2n) is 5.02. The highest BCUT2D eigenvalue weighted by molar-refractivity contribution is 5.83. The Kier molecular flexibility index (Phi) is 4.53. The van der Waals surface area contributed by atoms with Crippen LogP contribution in [-0.2, 0) is 4.74 Å². The van der Waals surface area contributed by atoms with Crippen LogP contribution in [0, 0.1) is 0 Å². The van der Waals surface area contributed by atoms with Gasteiger partial charge in [0.25, 0.3) is 0 Å². The molecule has 1 heterocycles. The van der Waals surface area contributed by atoms with Crippen LogP contribution in [0.15, 0.2) is 18.2 Å². The van der Waals surface area contributed by atoms with Gasteiger partial charge in [0.2, 0.25) is 0 Å². The first kappa shape index (κ1) is 14.3. The molecule has 5 nitrogen and oxygen atoms in total. The van der Waals surface area contributed by atoms with Crippen molar-refractivity contribution in [1.29, 1.82) is 0 Å². The highest BCUT2D eigenvalue weighted by Crippen LogP contribution is 2.14. The second kappa shape index (κ2) is 5.71. The minimum Gasteiger partial charge on any atom is -0.444 e. The van der Waals surface area contributed by atoms with Gasteiger partial charge in [0, 0.05) is 13.6 Å². The topological polar surface area (TPSA) is 54.5 Å². The lowest BCUT2D eigenvalue weighted by atomic mass is 10.2. The summed E-state index contributed by atoms with van der Waals surface area (Å²) < 4.78 is 5.16. The van der Waals surface area contributed by atoms with E-state index in [0.29, 0.717) is 5.82 Å². The zero-order valence-corrected chi connectivity index (χ0v) is 11.7. The first-order chi connectivity index (χ1) is 8.31. The van der Waals surface area contributed by atoms with Crippen molar-refractivity contribution in [1.82, 2.24) is 4.98 Å². The van der Waals surface area contributed by atoms with E-state index in [1.807, 2.05) is 51.8 Å². The van der Waals surface area contributed by atoms with E-state index in [1.165, 1.54) is 0 Å². The van der Waals surface area contributed by atoms with E-state index >= 15 is 0 Å². The number of hydrogen-bond donors (Lipinski definition) is 1. The van der Waals surface area contributed by atoms with Crippen LogP contribution in [0.1, 0.15) is 27.7 Å². The zero-order chi connectivity index (χ0) is 13.8. The molecule has 0 bridgehead atoms. The van der Waals surface area contributed by atoms with Crippen LogP contribution in [0.4, 0.5) is 16.4 Å². The Labute approximate surface area is 108 Å². The fourth-order valence-electron chi connectivity index (χ4n) is 1.28. The largest absolute Gasteiger partial charge is 0.444 e. The first-order valence-electron chi connectivity index (χ1n) is 6.00. The van der Waals surface area contributed by atoms with Crippen LogP contribution in [0.3, 0.4) is 0 Å². The van der Waals surface area contributed by atoms with E-state index in [9.17, 15) is 4.79 Å². The minimum atomic E-state index is -0.512. The van der Waals surface area contributed by atoms with Crippen LogP contribution in [0.5, 0.6) is 0 Å². The summed E-state index contributed by atoms with van der Waals surface area (Å²) in [6.45, 7) is 8.35. The number of ether oxygens (including phenoxy) is 1. The average Bonchev–Trinajstić information content (AvgIpc) is 2.25. The summed E-state index contributed by atoms with van der Waals surface area (Å²) >= 11 is 0. The molecule has 5 heteroatoms. The van der Waals surface area contributed by atoms with Crippen LogP contribution in [-0.4, -0.2) is 30.3 Å². The predicted octanol–water partition coefficient (Wildman–Crippen LogP) is 2.88. The summed E-state index contributed by atoms with van der Waals surface area (Å²) in [5.41, 5.74) is -0.512. The van der Waals surface area contributed by atoms with Crippen molar-refractivity contribution in [2.45, 2.75) is 33.3 Å². The maximum Gasteiger partial charge on any atom is 0.413 e. The summed E-state index contributed by atoms with van der Waals surface area (Å²) in [5.74, 6) is 1.30. The van der Waals surface area contributed by atoms with Gasteiger partial charge in [-0.05, 0) is 39.8 Å². The smallest absolute Gasteiger partial charge is 0.413 e. The van der Waals surface area contributed by atoms with E-state index in [-0.39, 0.29) is 0 Å². The van der Waals surface area contributed by atoms with Crippen molar-refractivity contribution in [2.75, 3.05) is 23.8 Å². The number of carbonyl (C=O) groups is 1. The van der Waals surface area contributed by atoms with Gasteiger partial charge in [0.1, 0.15) is 17.2 Å². The van der Waals surface area contributed by atoms with E-state index in [0.717, 1.165) is 12.4 Å². The predicted molar refractivity (Wildman–Crippen MR) is 73.0 cm³/mol. The van der Waals surface area contributed by atoms with Crippen LogP contribution >= 0.6 is 0 Å². The van der Waals surface area contributed by atoms with Crippen molar-refractivity contribution in [2.24, 2.45) is 0 Å². The Morgan fingerprint density at radius 1 is 1.44 bits per heavy atom. The second-order valence-corrected chi connectivity index (χ2v) is 5.02. The molecule has 0 aliphatic heterocycles. The lowest BCUT2D eigenvalue weighted by Crippen LogP contribution is -2.27. The normalized spacial score (nSPS) is 10.9.